The number of carbonyl (C=O) groups excluding carboxylic acids is 3. The second-order valence-electron chi connectivity index (χ2n) is 8.47. The van der Waals surface area contributed by atoms with Crippen LogP contribution in [0.1, 0.15) is 32.8 Å². The summed E-state index contributed by atoms with van der Waals surface area (Å²) in [4.78, 5) is 38.2. The molecule has 2 aliphatic heterocycles. The van der Waals surface area contributed by atoms with Gasteiger partial charge < -0.3 is 24.4 Å². The SMILES string of the molecule is COCCOc1cccc(C=C2SC(=O)NC2=O)c1N1CCC(NC(=O)OC(C)(C)C)C1. The number of para-hydroxylation sites is 1. The van der Waals surface area contributed by atoms with Crippen LogP contribution >= 0.6 is 11.8 Å². The first-order chi connectivity index (χ1) is 15.2. The van der Waals surface area contributed by atoms with E-state index >= 15 is 0 Å². The smallest absolute Gasteiger partial charge is 0.407 e. The van der Waals surface area contributed by atoms with Gasteiger partial charge in [0.15, 0.2) is 0 Å². The van der Waals surface area contributed by atoms with Gasteiger partial charge in [-0.05, 0) is 51.1 Å². The van der Waals surface area contributed by atoms with Gasteiger partial charge in [0, 0.05) is 25.8 Å². The van der Waals surface area contributed by atoms with Gasteiger partial charge in [-0.1, -0.05) is 12.1 Å². The lowest BCUT2D eigenvalue weighted by molar-refractivity contribution is -0.115. The highest BCUT2D eigenvalue weighted by Gasteiger charge is 2.30. The van der Waals surface area contributed by atoms with Crippen LogP contribution in [0.4, 0.5) is 15.3 Å². The number of alkyl carbamates (subject to hydrolysis) is 1. The third-order valence-electron chi connectivity index (χ3n) is 4.73. The normalized spacial score (nSPS) is 19.9. The first kappa shape index (κ1) is 23.9. The number of hydrogen-bond donors (Lipinski definition) is 2. The molecule has 32 heavy (non-hydrogen) atoms. The maximum absolute atomic E-state index is 12.2. The van der Waals surface area contributed by atoms with E-state index < -0.39 is 22.8 Å². The number of imide groups is 1. The molecule has 3 amide bonds. The number of methoxy groups -OCH3 is 1. The molecule has 2 heterocycles. The van der Waals surface area contributed by atoms with Crippen molar-refractivity contribution >= 4 is 40.8 Å². The molecule has 3 rings (SSSR count). The van der Waals surface area contributed by atoms with E-state index in [9.17, 15) is 14.4 Å². The van der Waals surface area contributed by atoms with Crippen LogP contribution in [0.25, 0.3) is 6.08 Å². The summed E-state index contributed by atoms with van der Waals surface area (Å²) < 4.78 is 16.4. The lowest BCUT2D eigenvalue weighted by Gasteiger charge is -2.25. The standard InChI is InChI=1S/C22H29N3O6S/c1-22(2,3)31-20(27)23-15-8-9-25(13-15)18-14(12-17-19(26)24-21(28)32-17)6-5-7-16(18)30-11-10-29-4/h5-7,12,15H,8-11,13H2,1-4H3,(H,23,27)(H,24,26,28). The minimum atomic E-state index is -0.569. The lowest BCUT2D eigenvalue weighted by atomic mass is 10.1. The van der Waals surface area contributed by atoms with Crippen molar-refractivity contribution in [3.63, 3.8) is 0 Å². The highest BCUT2D eigenvalue weighted by molar-refractivity contribution is 8.18. The van der Waals surface area contributed by atoms with Crippen molar-refractivity contribution in [1.29, 1.82) is 0 Å². The van der Waals surface area contributed by atoms with E-state index in [1.54, 1.807) is 13.2 Å². The van der Waals surface area contributed by atoms with E-state index in [2.05, 4.69) is 15.5 Å². The number of hydrogen-bond acceptors (Lipinski definition) is 8. The molecule has 0 aromatic heterocycles. The molecule has 2 N–H and O–H groups in total. The summed E-state index contributed by atoms with van der Waals surface area (Å²) in [6, 6.07) is 5.47. The molecule has 0 bridgehead atoms. The molecule has 10 heteroatoms. The van der Waals surface area contributed by atoms with E-state index in [4.69, 9.17) is 14.2 Å². The van der Waals surface area contributed by atoms with Gasteiger partial charge in [-0.25, -0.2) is 4.79 Å². The first-order valence-electron chi connectivity index (χ1n) is 10.4. The number of amides is 3. The number of thioether (sulfide) groups is 1. The zero-order valence-electron chi connectivity index (χ0n) is 18.7. The van der Waals surface area contributed by atoms with Crippen LogP contribution in [0.2, 0.25) is 0 Å². The quantitative estimate of drug-likeness (QED) is 0.469. The molecule has 0 radical (unpaired) electrons. The minimum Gasteiger partial charge on any atom is -0.489 e. The van der Waals surface area contributed by atoms with E-state index in [0.717, 1.165) is 29.4 Å². The zero-order chi connectivity index (χ0) is 23.3. The Labute approximate surface area is 191 Å². The summed E-state index contributed by atoms with van der Waals surface area (Å²) in [5.74, 6) is 0.228. The minimum absolute atomic E-state index is 0.0943. The molecule has 174 valence electrons. The Balaban J connectivity index is 1.83. The van der Waals surface area contributed by atoms with Crippen LogP contribution in [-0.4, -0.2) is 62.3 Å². The van der Waals surface area contributed by atoms with Crippen LogP contribution in [0.3, 0.4) is 0 Å². The number of benzene rings is 1. The predicted octanol–water partition coefficient (Wildman–Crippen LogP) is 3.14. The van der Waals surface area contributed by atoms with Gasteiger partial charge in [-0.2, -0.15) is 0 Å². The number of carbonyl (C=O) groups is 3. The molecule has 0 aliphatic carbocycles. The molecule has 0 saturated carbocycles. The lowest BCUT2D eigenvalue weighted by Crippen LogP contribution is -2.40. The summed E-state index contributed by atoms with van der Waals surface area (Å²) in [6.45, 7) is 7.50. The molecule has 1 atom stereocenters. The van der Waals surface area contributed by atoms with E-state index in [0.29, 0.717) is 37.0 Å². The van der Waals surface area contributed by atoms with Crippen LogP contribution < -0.4 is 20.3 Å². The van der Waals surface area contributed by atoms with Crippen LogP contribution in [-0.2, 0) is 14.3 Å². The number of nitrogens with zero attached hydrogens (tertiary/aromatic N) is 1. The molecule has 1 aromatic rings. The summed E-state index contributed by atoms with van der Waals surface area (Å²) in [5, 5.41) is 4.80. The molecule has 2 fully saturated rings. The van der Waals surface area contributed by atoms with E-state index in [-0.39, 0.29) is 6.04 Å². The van der Waals surface area contributed by atoms with Crippen LogP contribution in [0.15, 0.2) is 23.1 Å². The maximum atomic E-state index is 12.2. The van der Waals surface area contributed by atoms with Gasteiger partial charge in [0.2, 0.25) is 0 Å². The Morgan fingerprint density at radius 2 is 2.09 bits per heavy atom. The molecule has 2 aliphatic rings. The summed E-state index contributed by atoms with van der Waals surface area (Å²) in [7, 11) is 1.60. The fourth-order valence-electron chi connectivity index (χ4n) is 3.46. The third-order valence-corrected chi connectivity index (χ3v) is 5.54. The molecule has 1 unspecified atom stereocenters. The Morgan fingerprint density at radius 3 is 2.75 bits per heavy atom. The molecular weight excluding hydrogens is 434 g/mol. The third kappa shape index (κ3) is 6.39. The van der Waals surface area contributed by atoms with Gasteiger partial charge in [0.1, 0.15) is 18.0 Å². The molecule has 0 spiro atoms. The fraction of sp³-hybridized carbons (Fsp3) is 0.500. The average Bonchev–Trinajstić information content (AvgIpc) is 3.26. The Kier molecular flexibility index (Phi) is 7.68. The largest absolute Gasteiger partial charge is 0.489 e. The predicted molar refractivity (Wildman–Crippen MR) is 123 cm³/mol. The van der Waals surface area contributed by atoms with Crippen molar-refractivity contribution in [3.05, 3.63) is 28.7 Å². The summed E-state index contributed by atoms with van der Waals surface area (Å²) in [5.41, 5.74) is 0.989. The van der Waals surface area contributed by atoms with E-state index in [1.807, 2.05) is 39.0 Å². The maximum Gasteiger partial charge on any atom is 0.407 e. The van der Waals surface area contributed by atoms with Gasteiger partial charge in [0.25, 0.3) is 11.1 Å². The second kappa shape index (κ2) is 10.3. The molecule has 9 nitrogen and oxygen atoms in total. The number of rotatable bonds is 7. The van der Waals surface area contributed by atoms with Crippen molar-refractivity contribution in [2.24, 2.45) is 0 Å². The molecule has 1 aromatic carbocycles. The number of ether oxygens (including phenoxy) is 3. The number of nitrogens with one attached hydrogen (secondary N) is 2. The zero-order valence-corrected chi connectivity index (χ0v) is 19.5. The van der Waals surface area contributed by atoms with Crippen molar-refractivity contribution < 1.29 is 28.6 Å². The van der Waals surface area contributed by atoms with Crippen LogP contribution in [0.5, 0.6) is 5.75 Å². The van der Waals surface area contributed by atoms with Crippen molar-refractivity contribution in [2.45, 2.75) is 38.8 Å². The van der Waals surface area contributed by atoms with E-state index in [1.165, 1.54) is 0 Å². The number of anilines is 1. The molecular formula is C22H29N3O6S. The average molecular weight is 464 g/mol. The topological polar surface area (TPSA) is 106 Å². The Bertz CT molecular complexity index is 911. The van der Waals surface area contributed by atoms with Crippen molar-refractivity contribution in [2.75, 3.05) is 38.3 Å². The highest BCUT2D eigenvalue weighted by Crippen LogP contribution is 2.37. The van der Waals surface area contributed by atoms with Crippen LogP contribution in [0, 0.1) is 0 Å². The highest BCUT2D eigenvalue weighted by atomic mass is 32.2. The fourth-order valence-corrected chi connectivity index (χ4v) is 4.14. The monoisotopic (exact) mass is 463 g/mol. The first-order valence-corrected chi connectivity index (χ1v) is 11.2. The van der Waals surface area contributed by atoms with Gasteiger partial charge in [0.05, 0.1) is 23.2 Å². The van der Waals surface area contributed by atoms with Gasteiger partial charge in [-0.3, -0.25) is 14.9 Å². The van der Waals surface area contributed by atoms with Crippen molar-refractivity contribution in [1.82, 2.24) is 10.6 Å². The summed E-state index contributed by atoms with van der Waals surface area (Å²) in [6.07, 6.45) is 1.97. The van der Waals surface area contributed by atoms with Gasteiger partial charge >= 0.3 is 6.09 Å². The Hall–Kier alpha value is -2.72. The second-order valence-corrected chi connectivity index (χ2v) is 9.48. The van der Waals surface area contributed by atoms with Crippen molar-refractivity contribution in [3.8, 4) is 5.75 Å². The summed E-state index contributed by atoms with van der Waals surface area (Å²) >= 11 is 0.870. The molecule has 2 saturated heterocycles. The Morgan fingerprint density at radius 1 is 1.31 bits per heavy atom. The van der Waals surface area contributed by atoms with Gasteiger partial charge in [-0.15, -0.1) is 0 Å².